The van der Waals surface area contributed by atoms with E-state index in [1.165, 1.54) is 4.88 Å². The van der Waals surface area contributed by atoms with E-state index in [4.69, 9.17) is 15.6 Å². The molecule has 0 aromatic carbocycles. The summed E-state index contributed by atoms with van der Waals surface area (Å²) in [4.78, 5) is 14.8. The van der Waals surface area contributed by atoms with Crippen molar-refractivity contribution in [1.82, 2.24) is 19.7 Å². The van der Waals surface area contributed by atoms with E-state index in [-0.39, 0.29) is 0 Å². The lowest BCUT2D eigenvalue weighted by Crippen LogP contribution is -2.12. The first kappa shape index (κ1) is 20.6. The topological polar surface area (TPSA) is 107 Å². The van der Waals surface area contributed by atoms with Crippen LogP contribution in [0.3, 0.4) is 0 Å². The molecule has 0 amide bonds. The minimum atomic E-state index is -0.833. The average Bonchev–Trinajstić information content (AvgIpc) is 2.98. The Bertz CT molecular complexity index is 663. The fourth-order valence-corrected chi connectivity index (χ4v) is 3.87. The van der Waals surface area contributed by atoms with E-state index in [1.807, 2.05) is 6.92 Å². The lowest BCUT2D eigenvalue weighted by molar-refractivity contribution is -0.134. The van der Waals surface area contributed by atoms with Crippen LogP contribution in [0.2, 0.25) is 0 Å². The first-order valence-electron chi connectivity index (χ1n) is 7.61. The maximum absolute atomic E-state index is 9.00. The van der Waals surface area contributed by atoms with E-state index >= 15 is 0 Å². The van der Waals surface area contributed by atoms with Crippen LogP contribution < -0.4 is 5.73 Å². The summed E-state index contributed by atoms with van der Waals surface area (Å²) in [5.74, 6) is 1.39. The number of aryl methyl sites for hydroxylation is 2. The molecule has 134 valence electrons. The largest absolute Gasteiger partial charge is 0.481 e. The molecule has 0 aliphatic rings. The Labute approximate surface area is 150 Å². The van der Waals surface area contributed by atoms with Crippen LogP contribution in [0.1, 0.15) is 42.2 Å². The summed E-state index contributed by atoms with van der Waals surface area (Å²) in [5.41, 5.74) is 6.88. The quantitative estimate of drug-likeness (QED) is 0.752. The standard InChI is InChI=1S/C13H21N5S2.C2H4O2/c1-8(2)6-18-12(5-14)16-17-13(18)19-7-11-9(3)20-10(4)15-11;1-2(3)4/h8H,5-7,14H2,1-4H3;1H3,(H,3,4). The molecule has 2 rings (SSSR count). The molecule has 0 bridgehead atoms. The van der Waals surface area contributed by atoms with E-state index in [2.05, 4.69) is 40.5 Å². The highest BCUT2D eigenvalue weighted by Crippen LogP contribution is 2.26. The zero-order valence-corrected chi connectivity index (χ0v) is 16.4. The molecule has 0 aliphatic heterocycles. The van der Waals surface area contributed by atoms with Gasteiger partial charge in [-0.25, -0.2) is 4.98 Å². The molecule has 0 fully saturated rings. The molecule has 0 saturated carbocycles. The van der Waals surface area contributed by atoms with Crippen molar-refractivity contribution < 1.29 is 9.90 Å². The number of rotatable bonds is 6. The summed E-state index contributed by atoms with van der Waals surface area (Å²) in [6.07, 6.45) is 0. The van der Waals surface area contributed by atoms with E-state index in [9.17, 15) is 0 Å². The van der Waals surface area contributed by atoms with Crippen LogP contribution in [-0.4, -0.2) is 30.8 Å². The fourth-order valence-electron chi connectivity index (χ4n) is 1.96. The zero-order valence-electron chi connectivity index (χ0n) is 14.7. The predicted molar refractivity (Wildman–Crippen MR) is 97.2 cm³/mol. The molecule has 0 radical (unpaired) electrons. The maximum atomic E-state index is 9.00. The Kier molecular flexibility index (Phi) is 8.37. The normalized spacial score (nSPS) is 10.6. The van der Waals surface area contributed by atoms with Gasteiger partial charge in [0.15, 0.2) is 5.16 Å². The van der Waals surface area contributed by atoms with Gasteiger partial charge >= 0.3 is 0 Å². The third kappa shape index (κ3) is 6.58. The number of carbonyl (C=O) groups is 1. The van der Waals surface area contributed by atoms with Crippen LogP contribution in [0, 0.1) is 19.8 Å². The molecule has 2 heterocycles. The second-order valence-corrected chi connectivity index (χ2v) is 8.00. The smallest absolute Gasteiger partial charge is 0.300 e. The lowest BCUT2D eigenvalue weighted by Gasteiger charge is -2.11. The number of nitrogens with zero attached hydrogens (tertiary/aromatic N) is 4. The highest BCUT2D eigenvalue weighted by Gasteiger charge is 2.14. The SMILES string of the molecule is CC(=O)O.Cc1nc(CSc2nnc(CN)n2CC(C)C)c(C)s1. The van der Waals surface area contributed by atoms with Gasteiger partial charge in [0.05, 0.1) is 17.2 Å². The number of nitrogens with two attached hydrogens (primary N) is 1. The van der Waals surface area contributed by atoms with E-state index in [0.717, 1.165) is 40.9 Å². The van der Waals surface area contributed by atoms with Gasteiger partial charge in [-0.3, -0.25) is 4.79 Å². The Balaban J connectivity index is 0.000000648. The van der Waals surface area contributed by atoms with Crippen molar-refractivity contribution in [2.24, 2.45) is 11.7 Å². The summed E-state index contributed by atoms with van der Waals surface area (Å²) in [5, 5.41) is 17.9. The van der Waals surface area contributed by atoms with Crippen molar-refractivity contribution in [2.45, 2.75) is 58.6 Å². The van der Waals surface area contributed by atoms with Crippen molar-refractivity contribution in [1.29, 1.82) is 0 Å². The molecule has 0 aliphatic carbocycles. The number of aromatic nitrogens is 4. The Hall–Kier alpha value is -1.45. The van der Waals surface area contributed by atoms with Crippen LogP contribution >= 0.6 is 23.1 Å². The molecule has 2 aromatic rings. The summed E-state index contributed by atoms with van der Waals surface area (Å²) in [6.45, 7) is 10.9. The van der Waals surface area contributed by atoms with Crippen molar-refractivity contribution in [3.63, 3.8) is 0 Å². The Morgan fingerprint density at radius 3 is 2.46 bits per heavy atom. The van der Waals surface area contributed by atoms with Gasteiger partial charge in [0, 0.05) is 24.1 Å². The number of carboxylic acid groups (broad SMARTS) is 1. The van der Waals surface area contributed by atoms with Gasteiger partial charge in [-0.2, -0.15) is 0 Å². The molecule has 0 unspecified atom stereocenters. The fraction of sp³-hybridized carbons (Fsp3) is 0.600. The van der Waals surface area contributed by atoms with E-state index in [0.29, 0.717) is 12.5 Å². The van der Waals surface area contributed by atoms with Gasteiger partial charge in [-0.15, -0.1) is 21.5 Å². The molecule has 7 nitrogen and oxygen atoms in total. The maximum Gasteiger partial charge on any atom is 0.300 e. The van der Waals surface area contributed by atoms with Gasteiger partial charge in [0.2, 0.25) is 0 Å². The minimum absolute atomic E-state index is 0.426. The number of thioether (sulfide) groups is 1. The molecule has 0 atom stereocenters. The van der Waals surface area contributed by atoms with Crippen molar-refractivity contribution >= 4 is 29.1 Å². The van der Waals surface area contributed by atoms with Gasteiger partial charge in [-0.05, 0) is 19.8 Å². The van der Waals surface area contributed by atoms with Crippen molar-refractivity contribution in [3.8, 4) is 0 Å². The summed E-state index contributed by atoms with van der Waals surface area (Å²) in [6, 6.07) is 0. The lowest BCUT2D eigenvalue weighted by atomic mass is 10.2. The number of hydrogen-bond acceptors (Lipinski definition) is 7. The van der Waals surface area contributed by atoms with Crippen LogP contribution in [0.25, 0.3) is 0 Å². The van der Waals surface area contributed by atoms with Gasteiger partial charge in [0.25, 0.3) is 5.97 Å². The first-order chi connectivity index (χ1) is 11.2. The van der Waals surface area contributed by atoms with Crippen LogP contribution in [0.5, 0.6) is 0 Å². The van der Waals surface area contributed by atoms with E-state index < -0.39 is 5.97 Å². The third-order valence-corrected chi connectivity index (χ3v) is 4.77. The predicted octanol–water partition coefficient (Wildman–Crippen LogP) is 2.85. The number of hydrogen-bond donors (Lipinski definition) is 2. The molecule has 3 N–H and O–H groups in total. The second kappa shape index (κ2) is 9.75. The zero-order chi connectivity index (χ0) is 18.3. The molecule has 2 aromatic heterocycles. The van der Waals surface area contributed by atoms with Gasteiger partial charge in [0.1, 0.15) is 5.82 Å². The van der Waals surface area contributed by atoms with Crippen LogP contribution in [0.15, 0.2) is 5.16 Å². The molecule has 0 saturated heterocycles. The molecule has 24 heavy (non-hydrogen) atoms. The number of aliphatic carboxylic acids is 1. The molecular formula is C15H25N5O2S2. The molecular weight excluding hydrogens is 346 g/mol. The second-order valence-electron chi connectivity index (χ2n) is 5.65. The number of thiazole rings is 1. The van der Waals surface area contributed by atoms with Crippen molar-refractivity contribution in [3.05, 3.63) is 21.4 Å². The summed E-state index contributed by atoms with van der Waals surface area (Å²) in [7, 11) is 0. The van der Waals surface area contributed by atoms with Gasteiger partial charge < -0.3 is 15.4 Å². The minimum Gasteiger partial charge on any atom is -0.481 e. The Morgan fingerprint density at radius 1 is 1.38 bits per heavy atom. The third-order valence-electron chi connectivity index (χ3n) is 2.86. The monoisotopic (exact) mass is 371 g/mol. The van der Waals surface area contributed by atoms with Gasteiger partial charge in [-0.1, -0.05) is 25.6 Å². The summed E-state index contributed by atoms with van der Waals surface area (Å²) >= 11 is 3.43. The molecule has 9 heteroatoms. The highest BCUT2D eigenvalue weighted by molar-refractivity contribution is 7.98. The molecule has 0 spiro atoms. The van der Waals surface area contributed by atoms with Crippen LogP contribution in [0.4, 0.5) is 0 Å². The number of carboxylic acids is 1. The van der Waals surface area contributed by atoms with E-state index in [1.54, 1.807) is 23.1 Å². The highest BCUT2D eigenvalue weighted by atomic mass is 32.2. The average molecular weight is 372 g/mol. The first-order valence-corrected chi connectivity index (χ1v) is 9.42. The van der Waals surface area contributed by atoms with Crippen LogP contribution in [-0.2, 0) is 23.6 Å². The Morgan fingerprint density at radius 2 is 2.00 bits per heavy atom. The summed E-state index contributed by atoms with van der Waals surface area (Å²) < 4.78 is 2.13. The van der Waals surface area contributed by atoms with Crippen molar-refractivity contribution in [2.75, 3.05) is 0 Å².